The fourth-order valence-corrected chi connectivity index (χ4v) is 2.48. The van der Waals surface area contributed by atoms with Crippen molar-refractivity contribution >= 4 is 22.6 Å². The standard InChI is InChI=1S/C11H9FN4S/c12-11-15-9-8(13-6-14-9)10(16-11)17-7-4-2-1-3-5-7/h1-6,11,15H,(H,13,14). The number of aromatic nitrogens is 2. The molecule has 17 heavy (non-hydrogen) atoms. The molecule has 0 spiro atoms. The zero-order valence-electron chi connectivity index (χ0n) is 8.72. The smallest absolute Gasteiger partial charge is 0.266 e. The number of halogens is 1. The van der Waals surface area contributed by atoms with E-state index in [0.717, 1.165) is 10.6 Å². The van der Waals surface area contributed by atoms with Crippen molar-refractivity contribution in [3.63, 3.8) is 0 Å². The van der Waals surface area contributed by atoms with Crippen molar-refractivity contribution in [2.24, 2.45) is 4.99 Å². The lowest BCUT2D eigenvalue weighted by atomic mass is 10.4. The van der Waals surface area contributed by atoms with Gasteiger partial charge in [-0.25, -0.2) is 9.98 Å². The maximum Gasteiger partial charge on any atom is 0.266 e. The zero-order chi connectivity index (χ0) is 11.7. The van der Waals surface area contributed by atoms with Crippen molar-refractivity contribution in [3.05, 3.63) is 42.4 Å². The van der Waals surface area contributed by atoms with Crippen LogP contribution in [0.5, 0.6) is 0 Å². The number of aromatic amines is 1. The van der Waals surface area contributed by atoms with E-state index in [1.165, 1.54) is 18.1 Å². The predicted octanol–water partition coefficient (Wildman–Crippen LogP) is 2.63. The van der Waals surface area contributed by atoms with Crippen LogP contribution in [-0.4, -0.2) is 21.4 Å². The number of hydrogen-bond acceptors (Lipinski definition) is 4. The molecule has 0 amide bonds. The van der Waals surface area contributed by atoms with Crippen molar-refractivity contribution in [1.29, 1.82) is 0 Å². The molecule has 0 fully saturated rings. The van der Waals surface area contributed by atoms with Gasteiger partial charge in [-0.3, -0.25) is 0 Å². The Labute approximate surface area is 101 Å². The molecule has 2 heterocycles. The number of fused-ring (bicyclic) bond motifs is 1. The molecular weight excluding hydrogens is 239 g/mol. The number of anilines is 1. The van der Waals surface area contributed by atoms with Gasteiger partial charge in [-0.15, -0.1) is 0 Å². The normalized spacial score (nSPS) is 18.2. The van der Waals surface area contributed by atoms with Crippen LogP contribution in [-0.2, 0) is 0 Å². The number of rotatable bonds is 1. The van der Waals surface area contributed by atoms with E-state index in [-0.39, 0.29) is 0 Å². The Balaban J connectivity index is 1.93. The largest absolute Gasteiger partial charge is 0.341 e. The summed E-state index contributed by atoms with van der Waals surface area (Å²) in [4.78, 5) is 11.9. The van der Waals surface area contributed by atoms with Crippen LogP contribution < -0.4 is 5.32 Å². The minimum atomic E-state index is -1.43. The van der Waals surface area contributed by atoms with E-state index in [4.69, 9.17) is 0 Å². The first-order valence-electron chi connectivity index (χ1n) is 5.08. The van der Waals surface area contributed by atoms with Crippen molar-refractivity contribution in [2.45, 2.75) is 11.3 Å². The van der Waals surface area contributed by atoms with Crippen LogP contribution in [0.3, 0.4) is 0 Å². The molecule has 86 valence electrons. The first kappa shape index (κ1) is 10.3. The summed E-state index contributed by atoms with van der Waals surface area (Å²) < 4.78 is 13.3. The fourth-order valence-electron chi connectivity index (χ4n) is 1.56. The molecule has 4 nitrogen and oxygen atoms in total. The predicted molar refractivity (Wildman–Crippen MR) is 65.9 cm³/mol. The zero-order valence-corrected chi connectivity index (χ0v) is 9.54. The Morgan fingerprint density at radius 3 is 2.88 bits per heavy atom. The number of alkyl halides is 1. The second-order valence-corrected chi connectivity index (χ2v) is 4.52. The number of imidazole rings is 1. The van der Waals surface area contributed by atoms with Gasteiger partial charge in [-0.1, -0.05) is 30.0 Å². The molecule has 1 aliphatic rings. The van der Waals surface area contributed by atoms with Gasteiger partial charge in [-0.2, -0.15) is 4.39 Å². The summed E-state index contributed by atoms with van der Waals surface area (Å²) in [6.07, 6.45) is 0.0913. The number of H-pyrrole nitrogens is 1. The van der Waals surface area contributed by atoms with Gasteiger partial charge in [0.05, 0.1) is 6.33 Å². The van der Waals surface area contributed by atoms with E-state index in [1.807, 2.05) is 30.3 Å². The molecule has 0 bridgehead atoms. The number of benzene rings is 1. The molecular formula is C11H9FN4S. The van der Waals surface area contributed by atoms with Gasteiger partial charge in [0.25, 0.3) is 6.42 Å². The number of nitrogens with zero attached hydrogens (tertiary/aromatic N) is 2. The molecule has 2 aromatic rings. The first-order valence-corrected chi connectivity index (χ1v) is 5.89. The summed E-state index contributed by atoms with van der Waals surface area (Å²) in [5.41, 5.74) is 0.729. The molecule has 0 saturated heterocycles. The minimum Gasteiger partial charge on any atom is -0.341 e. The van der Waals surface area contributed by atoms with Gasteiger partial charge in [0, 0.05) is 4.90 Å². The first-order chi connectivity index (χ1) is 8.33. The third-order valence-electron chi connectivity index (χ3n) is 2.30. The van der Waals surface area contributed by atoms with E-state index < -0.39 is 6.42 Å². The summed E-state index contributed by atoms with van der Waals surface area (Å²) in [6.45, 7) is 0. The van der Waals surface area contributed by atoms with Crippen molar-refractivity contribution < 1.29 is 4.39 Å². The molecule has 1 aliphatic heterocycles. The van der Waals surface area contributed by atoms with Gasteiger partial charge in [0.2, 0.25) is 0 Å². The molecule has 1 aromatic heterocycles. The Bertz CT molecular complexity index is 552. The summed E-state index contributed by atoms with van der Waals surface area (Å²) in [6, 6.07) is 9.72. The molecule has 0 saturated carbocycles. The highest BCUT2D eigenvalue weighted by molar-refractivity contribution is 8.14. The molecule has 1 unspecified atom stereocenters. The number of thioether (sulfide) groups is 1. The van der Waals surface area contributed by atoms with E-state index in [2.05, 4.69) is 20.3 Å². The number of aliphatic imine (C=N–C) groups is 1. The van der Waals surface area contributed by atoms with E-state index in [1.54, 1.807) is 0 Å². The molecule has 0 radical (unpaired) electrons. The van der Waals surface area contributed by atoms with Crippen molar-refractivity contribution in [1.82, 2.24) is 9.97 Å². The Hall–Kier alpha value is -1.82. The second kappa shape index (κ2) is 4.21. The monoisotopic (exact) mass is 248 g/mol. The van der Waals surface area contributed by atoms with Crippen LogP contribution in [0.4, 0.5) is 10.2 Å². The van der Waals surface area contributed by atoms with E-state index in [0.29, 0.717) is 10.9 Å². The summed E-state index contributed by atoms with van der Waals surface area (Å²) in [5.74, 6) is 0.505. The quantitative estimate of drug-likeness (QED) is 0.763. The summed E-state index contributed by atoms with van der Waals surface area (Å²) in [5, 5.41) is 3.15. The van der Waals surface area contributed by atoms with E-state index in [9.17, 15) is 4.39 Å². The maximum absolute atomic E-state index is 13.3. The average Bonchev–Trinajstić information content (AvgIpc) is 2.78. The highest BCUT2D eigenvalue weighted by Gasteiger charge is 2.22. The van der Waals surface area contributed by atoms with Crippen molar-refractivity contribution in [2.75, 3.05) is 5.32 Å². The lowest BCUT2D eigenvalue weighted by molar-refractivity contribution is 0.385. The third-order valence-corrected chi connectivity index (χ3v) is 3.31. The van der Waals surface area contributed by atoms with E-state index >= 15 is 0 Å². The fraction of sp³-hybridized carbons (Fsp3) is 0.0909. The summed E-state index contributed by atoms with van der Waals surface area (Å²) in [7, 11) is 0. The topological polar surface area (TPSA) is 53.1 Å². The number of nitrogens with one attached hydrogen (secondary N) is 2. The van der Waals surface area contributed by atoms with Gasteiger partial charge in [0.1, 0.15) is 10.7 Å². The lowest BCUT2D eigenvalue weighted by Crippen LogP contribution is -2.20. The Morgan fingerprint density at radius 2 is 2.06 bits per heavy atom. The minimum absolute atomic E-state index is 0.505. The van der Waals surface area contributed by atoms with Crippen LogP contribution in [0, 0.1) is 0 Å². The van der Waals surface area contributed by atoms with Crippen LogP contribution in [0.15, 0.2) is 46.5 Å². The van der Waals surface area contributed by atoms with Crippen molar-refractivity contribution in [3.8, 4) is 0 Å². The highest BCUT2D eigenvalue weighted by atomic mass is 32.2. The average molecular weight is 248 g/mol. The van der Waals surface area contributed by atoms with Crippen LogP contribution >= 0.6 is 11.8 Å². The lowest BCUT2D eigenvalue weighted by Gasteiger charge is -2.15. The Morgan fingerprint density at radius 1 is 1.24 bits per heavy atom. The SMILES string of the molecule is FC1N=C(Sc2ccccc2)c2[nH]cnc2N1. The van der Waals surface area contributed by atoms with Gasteiger partial charge in [-0.05, 0) is 12.1 Å². The second-order valence-electron chi connectivity index (χ2n) is 3.46. The van der Waals surface area contributed by atoms with Gasteiger partial charge in [0.15, 0.2) is 5.82 Å². The van der Waals surface area contributed by atoms with Crippen LogP contribution in [0.25, 0.3) is 0 Å². The van der Waals surface area contributed by atoms with Crippen LogP contribution in [0.2, 0.25) is 0 Å². The summed E-state index contributed by atoms with van der Waals surface area (Å²) >= 11 is 1.41. The Kier molecular flexibility index (Phi) is 2.56. The van der Waals surface area contributed by atoms with Gasteiger partial charge < -0.3 is 10.3 Å². The molecule has 6 heteroatoms. The van der Waals surface area contributed by atoms with Gasteiger partial charge >= 0.3 is 0 Å². The third kappa shape index (κ3) is 2.03. The van der Waals surface area contributed by atoms with Crippen LogP contribution in [0.1, 0.15) is 5.69 Å². The molecule has 1 aromatic carbocycles. The molecule has 2 N–H and O–H groups in total. The molecule has 1 atom stereocenters. The highest BCUT2D eigenvalue weighted by Crippen LogP contribution is 2.29. The molecule has 3 rings (SSSR count). The number of hydrogen-bond donors (Lipinski definition) is 2. The molecule has 0 aliphatic carbocycles. The maximum atomic E-state index is 13.3.